The van der Waals surface area contributed by atoms with E-state index < -0.39 is 23.6 Å². The lowest BCUT2D eigenvalue weighted by molar-refractivity contribution is -0.120. The van der Waals surface area contributed by atoms with Crippen LogP contribution in [0.5, 0.6) is 5.75 Å². The fourth-order valence-corrected chi connectivity index (χ4v) is 3.76. The molecule has 0 radical (unpaired) electrons. The summed E-state index contributed by atoms with van der Waals surface area (Å²) in [5.41, 5.74) is 2.63. The first-order chi connectivity index (χ1) is 15.3. The molecule has 0 bridgehead atoms. The number of hydrazone groups is 1. The van der Waals surface area contributed by atoms with Gasteiger partial charge in [0.2, 0.25) is 0 Å². The number of amides is 2. The number of halogens is 3. The van der Waals surface area contributed by atoms with E-state index in [1.54, 1.807) is 18.2 Å². The van der Waals surface area contributed by atoms with Crippen LogP contribution in [0.2, 0.25) is 0 Å². The van der Waals surface area contributed by atoms with E-state index in [0.29, 0.717) is 14.5 Å². The molecule has 0 saturated heterocycles. The van der Waals surface area contributed by atoms with Crippen molar-refractivity contribution >= 4 is 55.9 Å². The third kappa shape index (κ3) is 6.34. The Balaban J connectivity index is 1.66. The first kappa shape index (κ1) is 23.4. The molecule has 2 N–H and O–H groups in total. The summed E-state index contributed by atoms with van der Waals surface area (Å²) in [6.07, 6.45) is 2.60. The van der Waals surface area contributed by atoms with Gasteiger partial charge in [-0.2, -0.15) is 5.10 Å². The van der Waals surface area contributed by atoms with Crippen LogP contribution in [0.3, 0.4) is 0 Å². The van der Waals surface area contributed by atoms with Gasteiger partial charge in [0, 0.05) is 10.0 Å². The van der Waals surface area contributed by atoms with Gasteiger partial charge in [0.15, 0.2) is 11.5 Å². The second kappa shape index (κ2) is 10.8. The number of hydrogen-bond acceptors (Lipinski definition) is 6. The van der Waals surface area contributed by atoms with Crippen LogP contribution in [-0.4, -0.2) is 30.5 Å². The predicted octanol–water partition coefficient (Wildman–Crippen LogP) is 4.04. The van der Waals surface area contributed by atoms with Gasteiger partial charge in [-0.05, 0) is 58.4 Å². The lowest BCUT2D eigenvalue weighted by Crippen LogP contribution is -2.34. The first-order valence-electron chi connectivity index (χ1n) is 8.94. The minimum Gasteiger partial charge on any atom is -0.459 e. The number of furan rings is 1. The zero-order chi connectivity index (χ0) is 23.1. The molecule has 0 saturated carbocycles. The number of esters is 1. The number of carbonyl (C=O) groups is 3. The second-order valence-electron chi connectivity index (χ2n) is 6.16. The minimum absolute atomic E-state index is 0.0308. The summed E-state index contributed by atoms with van der Waals surface area (Å²) in [6, 6.07) is 11.3. The van der Waals surface area contributed by atoms with Gasteiger partial charge in [-0.3, -0.25) is 9.59 Å². The average molecular weight is 567 g/mol. The molecule has 3 aromatic rings. The molecular formula is C21H14Br2FN3O5. The summed E-state index contributed by atoms with van der Waals surface area (Å²) in [6.45, 7) is -0.333. The Kier molecular flexibility index (Phi) is 7.90. The quantitative estimate of drug-likeness (QED) is 0.194. The van der Waals surface area contributed by atoms with Crippen molar-refractivity contribution in [3.63, 3.8) is 0 Å². The van der Waals surface area contributed by atoms with E-state index in [4.69, 9.17) is 9.15 Å². The van der Waals surface area contributed by atoms with Crippen molar-refractivity contribution in [3.8, 4) is 5.75 Å². The average Bonchev–Trinajstić information content (AvgIpc) is 3.29. The SMILES string of the molecule is O=C(CNC(=O)c1ccco1)N/N=C/c1cc(Br)cc(Br)c1OC(=O)c1cccc(F)c1. The highest BCUT2D eigenvalue weighted by molar-refractivity contribution is 9.11. The molecule has 0 spiro atoms. The topological polar surface area (TPSA) is 110 Å². The van der Waals surface area contributed by atoms with Gasteiger partial charge in [-0.1, -0.05) is 22.0 Å². The molecule has 0 aliphatic carbocycles. The van der Waals surface area contributed by atoms with Crippen molar-refractivity contribution in [2.24, 2.45) is 5.10 Å². The van der Waals surface area contributed by atoms with Crippen LogP contribution in [0, 0.1) is 5.82 Å². The largest absolute Gasteiger partial charge is 0.459 e. The maximum absolute atomic E-state index is 13.4. The van der Waals surface area contributed by atoms with Crippen molar-refractivity contribution in [1.82, 2.24) is 10.7 Å². The number of carbonyl (C=O) groups excluding carboxylic acids is 3. The molecule has 0 fully saturated rings. The molecule has 1 heterocycles. The van der Waals surface area contributed by atoms with Gasteiger partial charge in [0.25, 0.3) is 11.8 Å². The molecule has 0 aliphatic heterocycles. The van der Waals surface area contributed by atoms with Crippen LogP contribution in [0.1, 0.15) is 26.5 Å². The Labute approximate surface area is 198 Å². The summed E-state index contributed by atoms with van der Waals surface area (Å²) < 4.78 is 24.8. The number of rotatable bonds is 7. The van der Waals surface area contributed by atoms with Gasteiger partial charge in [-0.15, -0.1) is 0 Å². The maximum atomic E-state index is 13.4. The smallest absolute Gasteiger partial charge is 0.343 e. The highest BCUT2D eigenvalue weighted by Gasteiger charge is 2.16. The van der Waals surface area contributed by atoms with E-state index in [-0.39, 0.29) is 23.6 Å². The summed E-state index contributed by atoms with van der Waals surface area (Å²) in [5.74, 6) is -2.29. The zero-order valence-electron chi connectivity index (χ0n) is 16.1. The molecule has 0 aliphatic rings. The normalized spacial score (nSPS) is 10.7. The van der Waals surface area contributed by atoms with Gasteiger partial charge in [-0.25, -0.2) is 14.6 Å². The van der Waals surface area contributed by atoms with E-state index in [2.05, 4.69) is 47.7 Å². The first-order valence-corrected chi connectivity index (χ1v) is 10.5. The lowest BCUT2D eigenvalue weighted by atomic mass is 10.2. The van der Waals surface area contributed by atoms with Crippen molar-refractivity contribution in [2.75, 3.05) is 6.54 Å². The van der Waals surface area contributed by atoms with Crippen molar-refractivity contribution in [3.05, 3.63) is 86.4 Å². The Hall–Kier alpha value is -3.31. The number of benzene rings is 2. The lowest BCUT2D eigenvalue weighted by Gasteiger charge is -2.10. The Morgan fingerprint density at radius 2 is 1.94 bits per heavy atom. The highest BCUT2D eigenvalue weighted by Crippen LogP contribution is 2.32. The van der Waals surface area contributed by atoms with Gasteiger partial charge in [0.05, 0.1) is 29.1 Å². The summed E-state index contributed by atoms with van der Waals surface area (Å²) in [5, 5.41) is 6.21. The maximum Gasteiger partial charge on any atom is 0.343 e. The van der Waals surface area contributed by atoms with E-state index in [1.165, 1.54) is 36.7 Å². The Bertz CT molecular complexity index is 1180. The van der Waals surface area contributed by atoms with E-state index in [0.717, 1.165) is 6.07 Å². The molecule has 1 aromatic heterocycles. The third-order valence-corrected chi connectivity index (χ3v) is 4.89. The summed E-state index contributed by atoms with van der Waals surface area (Å²) in [7, 11) is 0. The zero-order valence-corrected chi connectivity index (χ0v) is 19.3. The summed E-state index contributed by atoms with van der Waals surface area (Å²) >= 11 is 6.63. The van der Waals surface area contributed by atoms with E-state index in [9.17, 15) is 18.8 Å². The fraction of sp³-hybridized carbons (Fsp3) is 0.0476. The van der Waals surface area contributed by atoms with Gasteiger partial charge >= 0.3 is 5.97 Å². The van der Waals surface area contributed by atoms with Crippen LogP contribution in [0.15, 0.2) is 73.3 Å². The molecule has 8 nitrogen and oxygen atoms in total. The number of ether oxygens (including phenoxy) is 1. The molecule has 0 unspecified atom stereocenters. The van der Waals surface area contributed by atoms with Crippen LogP contribution in [-0.2, 0) is 4.79 Å². The monoisotopic (exact) mass is 565 g/mol. The molecule has 3 rings (SSSR count). The van der Waals surface area contributed by atoms with Crippen LogP contribution in [0.4, 0.5) is 4.39 Å². The second-order valence-corrected chi connectivity index (χ2v) is 7.93. The third-order valence-electron chi connectivity index (χ3n) is 3.84. The van der Waals surface area contributed by atoms with E-state index in [1.807, 2.05) is 0 Å². The molecule has 0 atom stereocenters. The summed E-state index contributed by atoms with van der Waals surface area (Å²) in [4.78, 5) is 36.1. The van der Waals surface area contributed by atoms with Crippen molar-refractivity contribution in [1.29, 1.82) is 0 Å². The number of hydrogen-bond donors (Lipinski definition) is 2. The molecule has 164 valence electrons. The van der Waals surface area contributed by atoms with Crippen molar-refractivity contribution < 1.29 is 27.9 Å². The Morgan fingerprint density at radius 3 is 2.66 bits per heavy atom. The molecule has 11 heteroatoms. The minimum atomic E-state index is -0.771. The van der Waals surface area contributed by atoms with Gasteiger partial charge in [0.1, 0.15) is 5.82 Å². The predicted molar refractivity (Wildman–Crippen MR) is 120 cm³/mol. The van der Waals surface area contributed by atoms with Crippen LogP contribution >= 0.6 is 31.9 Å². The van der Waals surface area contributed by atoms with Crippen LogP contribution in [0.25, 0.3) is 0 Å². The highest BCUT2D eigenvalue weighted by atomic mass is 79.9. The molecule has 2 aromatic carbocycles. The van der Waals surface area contributed by atoms with Crippen molar-refractivity contribution in [2.45, 2.75) is 0 Å². The number of nitrogens with zero attached hydrogens (tertiary/aromatic N) is 1. The van der Waals surface area contributed by atoms with E-state index >= 15 is 0 Å². The van der Waals surface area contributed by atoms with Gasteiger partial charge < -0.3 is 14.5 Å². The Morgan fingerprint density at radius 1 is 1.12 bits per heavy atom. The standard InChI is InChI=1S/C21H14Br2FN3O5/c22-14-7-13(10-26-27-18(28)11-25-20(29)17-5-2-6-31-17)19(16(23)9-14)32-21(30)12-3-1-4-15(24)8-12/h1-10H,11H2,(H,25,29)(H,27,28)/b26-10+. The molecule has 2 amide bonds. The number of nitrogens with one attached hydrogen (secondary N) is 2. The fourth-order valence-electron chi connectivity index (χ4n) is 2.42. The molecular weight excluding hydrogens is 553 g/mol. The molecule has 32 heavy (non-hydrogen) atoms. The van der Waals surface area contributed by atoms with Crippen LogP contribution < -0.4 is 15.5 Å².